The number of nitrogens with zero attached hydrogens (tertiary/aromatic N) is 4. The van der Waals surface area contributed by atoms with Gasteiger partial charge in [-0.05, 0) is 68.7 Å². The van der Waals surface area contributed by atoms with E-state index >= 15 is 0 Å². The number of hydrogen-bond acceptors (Lipinski definition) is 3. The Bertz CT molecular complexity index is 2800. The first-order chi connectivity index (χ1) is 24.3. The highest BCUT2D eigenvalue weighted by Gasteiger charge is 2.18. The monoisotopic (exact) mass is 624 g/mol. The molecule has 0 aliphatic rings. The summed E-state index contributed by atoms with van der Waals surface area (Å²) in [5.74, 6) is 1.97. The van der Waals surface area contributed by atoms with Crippen LogP contribution in [-0.4, -0.2) is 19.5 Å². The van der Waals surface area contributed by atoms with Gasteiger partial charge in [-0.3, -0.25) is 0 Å². The summed E-state index contributed by atoms with van der Waals surface area (Å²) >= 11 is 0. The molecule has 10 rings (SSSR count). The maximum atomic E-state index is 5.03. The minimum Gasteiger partial charge on any atom is -0.309 e. The summed E-state index contributed by atoms with van der Waals surface area (Å²) in [5, 5.41) is 9.76. The van der Waals surface area contributed by atoms with Crippen LogP contribution in [0.5, 0.6) is 0 Å². The lowest BCUT2D eigenvalue weighted by atomic mass is 9.92. The molecular formula is C45H28N4. The Balaban J connectivity index is 1.25. The van der Waals surface area contributed by atoms with Crippen molar-refractivity contribution in [3.63, 3.8) is 0 Å². The highest BCUT2D eigenvalue weighted by atomic mass is 15.0. The first kappa shape index (κ1) is 27.5. The molecule has 0 saturated heterocycles. The Morgan fingerprint density at radius 1 is 0.286 bits per heavy atom. The SMILES string of the molecule is c1ccc(-c2nc(-c3ccccc3)nc(-c3ccc4c(c3)c3ccccc3c3cc5c(cc43)c3ccccc3n5-c3ccccc3)n2)cc1. The van der Waals surface area contributed by atoms with E-state index in [-0.39, 0.29) is 0 Å². The van der Waals surface area contributed by atoms with Gasteiger partial charge < -0.3 is 4.57 Å². The predicted molar refractivity (Wildman–Crippen MR) is 203 cm³/mol. The number of para-hydroxylation sites is 2. The van der Waals surface area contributed by atoms with Gasteiger partial charge in [0, 0.05) is 33.2 Å². The Hall–Kier alpha value is -6.65. The zero-order chi connectivity index (χ0) is 32.3. The van der Waals surface area contributed by atoms with E-state index in [1.54, 1.807) is 0 Å². The lowest BCUT2D eigenvalue weighted by molar-refractivity contribution is 1.07. The van der Waals surface area contributed by atoms with Crippen LogP contribution in [-0.2, 0) is 0 Å². The summed E-state index contributed by atoms with van der Waals surface area (Å²) in [6.45, 7) is 0. The van der Waals surface area contributed by atoms with Crippen molar-refractivity contribution in [2.75, 3.05) is 0 Å². The van der Waals surface area contributed by atoms with Crippen molar-refractivity contribution in [2.24, 2.45) is 0 Å². The van der Waals surface area contributed by atoms with Gasteiger partial charge in [-0.15, -0.1) is 0 Å². The van der Waals surface area contributed by atoms with Crippen molar-refractivity contribution in [3.8, 4) is 39.9 Å². The molecule has 0 radical (unpaired) electrons. The summed E-state index contributed by atoms with van der Waals surface area (Å²) < 4.78 is 2.39. The van der Waals surface area contributed by atoms with E-state index in [9.17, 15) is 0 Å². The summed E-state index contributed by atoms with van der Waals surface area (Å²) in [7, 11) is 0. The molecule has 0 amide bonds. The minimum absolute atomic E-state index is 0.653. The largest absolute Gasteiger partial charge is 0.309 e. The third-order valence-electron chi connectivity index (χ3n) is 9.60. The molecular weight excluding hydrogens is 597 g/mol. The van der Waals surface area contributed by atoms with Crippen molar-refractivity contribution in [3.05, 3.63) is 170 Å². The molecule has 49 heavy (non-hydrogen) atoms. The fourth-order valence-electron chi connectivity index (χ4n) is 7.35. The Morgan fingerprint density at radius 2 is 0.755 bits per heavy atom. The van der Waals surface area contributed by atoms with Gasteiger partial charge in [0.1, 0.15) is 0 Å². The van der Waals surface area contributed by atoms with Gasteiger partial charge in [0.05, 0.1) is 11.0 Å². The van der Waals surface area contributed by atoms with Crippen LogP contribution >= 0.6 is 0 Å². The second-order valence-electron chi connectivity index (χ2n) is 12.4. The minimum atomic E-state index is 0.653. The summed E-state index contributed by atoms with van der Waals surface area (Å²) in [5.41, 5.74) is 6.43. The first-order valence-corrected chi connectivity index (χ1v) is 16.5. The van der Waals surface area contributed by atoms with Crippen LogP contribution in [0.1, 0.15) is 0 Å². The van der Waals surface area contributed by atoms with Gasteiger partial charge >= 0.3 is 0 Å². The Morgan fingerprint density at radius 3 is 1.39 bits per heavy atom. The standard InChI is InChI=1S/C45H28N4/c1-4-14-29(15-5-1)43-46-44(30-16-6-2-7-17-30)48-45(47-43)31-24-25-35-37(26-31)33-20-10-11-21-34(33)39-28-42-40(27-38(35)39)36-22-12-13-23-41(36)49(42)32-18-8-3-9-19-32/h1-28H. The second kappa shape index (κ2) is 11.0. The zero-order valence-corrected chi connectivity index (χ0v) is 26.5. The van der Waals surface area contributed by atoms with E-state index in [4.69, 9.17) is 15.0 Å². The molecule has 0 saturated carbocycles. The van der Waals surface area contributed by atoms with Gasteiger partial charge in [0.25, 0.3) is 0 Å². The molecule has 0 N–H and O–H groups in total. The average Bonchev–Trinajstić information content (AvgIpc) is 3.51. The number of benzene rings is 8. The van der Waals surface area contributed by atoms with Crippen LogP contribution in [0.2, 0.25) is 0 Å². The molecule has 0 spiro atoms. The van der Waals surface area contributed by atoms with E-state index in [1.165, 1.54) is 54.1 Å². The van der Waals surface area contributed by atoms with Crippen LogP contribution in [0.15, 0.2) is 170 Å². The molecule has 0 aliphatic heterocycles. The molecule has 4 nitrogen and oxygen atoms in total. The maximum Gasteiger partial charge on any atom is 0.164 e. The quantitative estimate of drug-likeness (QED) is 0.183. The van der Waals surface area contributed by atoms with Crippen LogP contribution in [0, 0.1) is 0 Å². The fourth-order valence-corrected chi connectivity index (χ4v) is 7.35. The summed E-state index contributed by atoms with van der Waals surface area (Å²) in [6.07, 6.45) is 0. The second-order valence-corrected chi connectivity index (χ2v) is 12.4. The highest BCUT2D eigenvalue weighted by molar-refractivity contribution is 6.29. The Labute approximate surface area is 282 Å². The number of aromatic nitrogens is 4. The van der Waals surface area contributed by atoms with Crippen molar-refractivity contribution in [2.45, 2.75) is 0 Å². The van der Waals surface area contributed by atoms with Crippen molar-refractivity contribution in [1.82, 2.24) is 19.5 Å². The van der Waals surface area contributed by atoms with E-state index in [2.05, 4.69) is 114 Å². The third-order valence-corrected chi connectivity index (χ3v) is 9.60. The first-order valence-electron chi connectivity index (χ1n) is 16.5. The molecule has 8 aromatic carbocycles. The normalized spacial score (nSPS) is 11.7. The summed E-state index contributed by atoms with van der Waals surface area (Å²) in [4.78, 5) is 15.0. The highest BCUT2D eigenvalue weighted by Crippen LogP contribution is 2.41. The molecule has 0 aliphatic carbocycles. The number of rotatable bonds is 4. The van der Waals surface area contributed by atoms with Gasteiger partial charge in [0.15, 0.2) is 17.5 Å². The van der Waals surface area contributed by atoms with Crippen LogP contribution in [0.25, 0.3) is 94.0 Å². The average molecular weight is 625 g/mol. The molecule has 228 valence electrons. The molecule has 4 heteroatoms. The topological polar surface area (TPSA) is 43.6 Å². The fraction of sp³-hybridized carbons (Fsp3) is 0. The molecule has 0 bridgehead atoms. The van der Waals surface area contributed by atoms with E-state index in [1.807, 2.05) is 60.7 Å². The lowest BCUT2D eigenvalue weighted by Gasteiger charge is -2.14. The number of fused-ring (bicyclic) bond motifs is 9. The van der Waals surface area contributed by atoms with E-state index in [0.29, 0.717) is 17.5 Å². The van der Waals surface area contributed by atoms with E-state index < -0.39 is 0 Å². The molecule has 0 unspecified atom stereocenters. The van der Waals surface area contributed by atoms with Crippen LogP contribution < -0.4 is 0 Å². The van der Waals surface area contributed by atoms with Gasteiger partial charge in [-0.1, -0.05) is 133 Å². The van der Waals surface area contributed by atoms with Gasteiger partial charge in [-0.25, -0.2) is 15.0 Å². The van der Waals surface area contributed by atoms with Crippen LogP contribution in [0.4, 0.5) is 0 Å². The van der Waals surface area contributed by atoms with Crippen LogP contribution in [0.3, 0.4) is 0 Å². The number of hydrogen-bond donors (Lipinski definition) is 0. The molecule has 2 heterocycles. The molecule has 2 aromatic heterocycles. The van der Waals surface area contributed by atoms with Crippen molar-refractivity contribution >= 4 is 54.1 Å². The predicted octanol–water partition coefficient (Wildman–Crippen LogP) is 11.4. The van der Waals surface area contributed by atoms with Crippen molar-refractivity contribution < 1.29 is 0 Å². The molecule has 10 aromatic rings. The van der Waals surface area contributed by atoms with E-state index in [0.717, 1.165) is 22.4 Å². The smallest absolute Gasteiger partial charge is 0.164 e. The third kappa shape index (κ3) is 4.42. The van der Waals surface area contributed by atoms with Gasteiger partial charge in [-0.2, -0.15) is 0 Å². The lowest BCUT2D eigenvalue weighted by Crippen LogP contribution is -2.00. The van der Waals surface area contributed by atoms with Crippen molar-refractivity contribution in [1.29, 1.82) is 0 Å². The van der Waals surface area contributed by atoms with Gasteiger partial charge in [0.2, 0.25) is 0 Å². The molecule has 0 fully saturated rings. The molecule has 0 atom stereocenters. The zero-order valence-electron chi connectivity index (χ0n) is 26.5. The maximum absolute atomic E-state index is 5.03. The Kier molecular flexibility index (Phi) is 6.15. The summed E-state index contributed by atoms with van der Waals surface area (Å²) in [6, 6.07) is 59.8.